The van der Waals surface area contributed by atoms with Crippen molar-refractivity contribution in [3.05, 3.63) is 78.4 Å². The van der Waals surface area contributed by atoms with Gasteiger partial charge in [0.05, 0.1) is 34.7 Å². The molecule has 4 nitrogen and oxygen atoms in total. The lowest BCUT2D eigenvalue weighted by Crippen LogP contribution is -2.29. The molecule has 2 spiro atoms. The van der Waals surface area contributed by atoms with Gasteiger partial charge in [0.25, 0.3) is 11.4 Å². The standard InChI is InChI=1S/C30H24N4S2/c1-33-21(17-31)13-19-15-23-25(29(19)9-5-3-6-10-29)27-28(35-23)26-24(36-27)16-20(14-22(18-32)34-2)30(26)11-7-4-8-12-30/h13-16H,3-12H2/b21-13-,22-14+. The number of thiophene rings is 2. The van der Waals surface area contributed by atoms with E-state index >= 15 is 0 Å². The van der Waals surface area contributed by atoms with Gasteiger partial charge in [-0.2, -0.15) is 0 Å². The van der Waals surface area contributed by atoms with Crippen molar-refractivity contribution in [2.45, 2.75) is 75.0 Å². The molecular formula is C30H24N4S2. The lowest BCUT2D eigenvalue weighted by molar-refractivity contribution is 0.352. The summed E-state index contributed by atoms with van der Waals surface area (Å²) in [5.74, 6) is 0. The first kappa shape index (κ1) is 23.0. The summed E-state index contributed by atoms with van der Waals surface area (Å²) in [7, 11) is 0. The quantitative estimate of drug-likeness (QED) is 0.303. The fraction of sp³-hybridized carbons (Fsp3) is 0.400. The Balaban J connectivity index is 1.56. The molecule has 0 radical (unpaired) electrons. The molecular weight excluding hydrogens is 480 g/mol. The van der Waals surface area contributed by atoms with E-state index in [1.54, 1.807) is 0 Å². The van der Waals surface area contributed by atoms with Crippen LogP contribution in [0, 0.1) is 35.8 Å². The molecule has 0 atom stereocenters. The number of hydrogen-bond acceptors (Lipinski definition) is 4. The smallest absolute Gasteiger partial charge is 0.227 e. The molecule has 0 N–H and O–H groups in total. The molecule has 2 heterocycles. The second-order valence-electron chi connectivity index (χ2n) is 10.3. The average Bonchev–Trinajstić information content (AvgIpc) is 3.59. The predicted octanol–water partition coefficient (Wildman–Crippen LogP) is 8.81. The normalized spacial score (nSPS) is 21.8. The Morgan fingerprint density at radius 2 is 1.11 bits per heavy atom. The molecule has 176 valence electrons. The van der Waals surface area contributed by atoms with Crippen LogP contribution in [-0.2, 0) is 10.8 Å². The number of allylic oxidation sites excluding steroid dienone is 6. The number of nitrogens with zero attached hydrogens (tertiary/aromatic N) is 4. The van der Waals surface area contributed by atoms with Crippen molar-refractivity contribution in [2.75, 3.05) is 0 Å². The molecule has 0 aromatic carbocycles. The second kappa shape index (κ2) is 8.61. The highest BCUT2D eigenvalue weighted by Gasteiger charge is 2.48. The van der Waals surface area contributed by atoms with Crippen LogP contribution >= 0.6 is 22.7 Å². The SMILES string of the molecule is [C-]#[N+]/C(C#N)=C\C1=Cc2sc3c4c(sc3c2C12CCCCC2)C=C(/C=C(\C#N)[N+]#[C-])C41CCCCC1. The Hall–Kier alpha value is -3.42. The number of nitriles is 2. The fourth-order valence-corrected chi connectivity index (χ4v) is 10.3. The van der Waals surface area contributed by atoms with Crippen molar-refractivity contribution in [3.63, 3.8) is 0 Å². The summed E-state index contributed by atoms with van der Waals surface area (Å²) in [6.07, 6.45) is 19.6. The summed E-state index contributed by atoms with van der Waals surface area (Å²) >= 11 is 3.75. The highest BCUT2D eigenvalue weighted by molar-refractivity contribution is 7.29. The summed E-state index contributed by atoms with van der Waals surface area (Å²) in [6, 6.07) is 4.14. The summed E-state index contributed by atoms with van der Waals surface area (Å²) in [5, 5.41) is 18.9. The van der Waals surface area contributed by atoms with E-state index in [0.717, 1.165) is 36.8 Å². The zero-order valence-corrected chi connectivity index (χ0v) is 21.6. The number of hydrogen-bond donors (Lipinski definition) is 0. The van der Waals surface area contributed by atoms with E-state index in [-0.39, 0.29) is 22.2 Å². The van der Waals surface area contributed by atoms with Crippen LogP contribution in [0.1, 0.15) is 85.1 Å². The van der Waals surface area contributed by atoms with Crippen molar-refractivity contribution in [3.8, 4) is 12.1 Å². The van der Waals surface area contributed by atoms with Crippen molar-refractivity contribution in [2.24, 2.45) is 0 Å². The van der Waals surface area contributed by atoms with Crippen molar-refractivity contribution in [1.82, 2.24) is 0 Å². The van der Waals surface area contributed by atoms with Gasteiger partial charge >= 0.3 is 0 Å². The maximum Gasteiger partial charge on any atom is 0.262 e. The Kier molecular flexibility index (Phi) is 5.50. The molecule has 0 amide bonds. The van der Waals surface area contributed by atoms with E-state index in [2.05, 4.69) is 34.0 Å². The van der Waals surface area contributed by atoms with E-state index in [4.69, 9.17) is 13.1 Å². The molecule has 4 aliphatic rings. The van der Waals surface area contributed by atoms with Crippen LogP contribution in [0.4, 0.5) is 0 Å². The molecule has 4 aliphatic carbocycles. The van der Waals surface area contributed by atoms with Gasteiger partial charge in [-0.3, -0.25) is 0 Å². The summed E-state index contributed by atoms with van der Waals surface area (Å²) in [5.41, 5.74) is 5.31. The minimum atomic E-state index is -0.0958. The Morgan fingerprint density at radius 3 is 1.44 bits per heavy atom. The van der Waals surface area contributed by atoms with Crippen molar-refractivity contribution < 1.29 is 0 Å². The van der Waals surface area contributed by atoms with Gasteiger partial charge in [-0.1, -0.05) is 38.5 Å². The zero-order chi connectivity index (χ0) is 24.9. The van der Waals surface area contributed by atoms with Crippen LogP contribution < -0.4 is 0 Å². The van der Waals surface area contributed by atoms with Gasteiger partial charge in [0, 0.05) is 20.6 Å². The largest absolute Gasteiger partial charge is 0.262 e. The monoisotopic (exact) mass is 504 g/mol. The second-order valence-corrected chi connectivity index (χ2v) is 12.4. The van der Waals surface area contributed by atoms with Gasteiger partial charge in [-0.15, -0.1) is 22.7 Å². The Morgan fingerprint density at radius 1 is 0.722 bits per heavy atom. The molecule has 2 fully saturated rings. The van der Waals surface area contributed by atoms with Gasteiger partial charge in [0.1, 0.15) is 0 Å². The maximum absolute atomic E-state index is 9.45. The maximum atomic E-state index is 9.45. The molecule has 2 aromatic rings. The van der Waals surface area contributed by atoms with E-state index in [1.165, 1.54) is 68.8 Å². The first-order valence-electron chi connectivity index (χ1n) is 12.6. The minimum absolute atomic E-state index is 0.0958. The molecule has 36 heavy (non-hydrogen) atoms. The summed E-state index contributed by atoms with van der Waals surface area (Å²) in [4.78, 5) is 9.51. The van der Waals surface area contributed by atoms with Gasteiger partial charge in [-0.05, 0) is 72.3 Å². The molecule has 2 saturated carbocycles. The molecule has 2 aromatic heterocycles. The van der Waals surface area contributed by atoms with E-state index in [0.29, 0.717) is 0 Å². The molecule has 6 heteroatoms. The highest BCUT2D eigenvalue weighted by Crippen LogP contribution is 2.63. The third-order valence-electron chi connectivity index (χ3n) is 8.68. The number of fused-ring (bicyclic) bond motifs is 7. The molecule has 6 rings (SSSR count). The Labute approximate surface area is 219 Å². The average molecular weight is 505 g/mol. The minimum Gasteiger partial charge on any atom is -0.227 e. The molecule has 0 aliphatic heterocycles. The molecule has 0 bridgehead atoms. The third kappa shape index (κ3) is 3.12. The van der Waals surface area contributed by atoms with Crippen LogP contribution in [0.2, 0.25) is 0 Å². The first-order valence-corrected chi connectivity index (χ1v) is 14.3. The van der Waals surface area contributed by atoms with Crippen molar-refractivity contribution in [1.29, 1.82) is 10.5 Å². The highest BCUT2D eigenvalue weighted by atomic mass is 32.1. The van der Waals surface area contributed by atoms with Gasteiger partial charge in [0.15, 0.2) is 0 Å². The predicted molar refractivity (Wildman–Crippen MR) is 146 cm³/mol. The van der Waals surface area contributed by atoms with Gasteiger partial charge < -0.3 is 0 Å². The Bertz CT molecular complexity index is 1430. The lowest BCUT2D eigenvalue weighted by Gasteiger charge is -2.37. The fourth-order valence-electron chi connectivity index (χ4n) is 7.15. The first-order chi connectivity index (χ1) is 17.6. The number of rotatable bonds is 2. The van der Waals surface area contributed by atoms with E-state index in [1.807, 2.05) is 34.8 Å². The lowest BCUT2D eigenvalue weighted by atomic mass is 9.66. The van der Waals surface area contributed by atoms with E-state index in [9.17, 15) is 10.5 Å². The van der Waals surface area contributed by atoms with Crippen LogP contribution in [0.25, 0.3) is 31.2 Å². The zero-order valence-electron chi connectivity index (χ0n) is 20.0. The summed E-state index contributed by atoms with van der Waals surface area (Å²) in [6.45, 7) is 14.8. The van der Waals surface area contributed by atoms with Gasteiger partial charge in [-0.25, -0.2) is 20.2 Å². The van der Waals surface area contributed by atoms with Crippen LogP contribution in [0.5, 0.6) is 0 Å². The van der Waals surface area contributed by atoms with Crippen LogP contribution in [0.15, 0.2) is 34.7 Å². The third-order valence-corrected chi connectivity index (χ3v) is 11.1. The van der Waals surface area contributed by atoms with Crippen LogP contribution in [-0.4, -0.2) is 0 Å². The topological polar surface area (TPSA) is 56.3 Å². The van der Waals surface area contributed by atoms with Crippen LogP contribution in [0.3, 0.4) is 0 Å². The van der Waals surface area contributed by atoms with Crippen molar-refractivity contribution >= 4 is 44.2 Å². The van der Waals surface area contributed by atoms with E-state index < -0.39 is 0 Å². The van der Waals surface area contributed by atoms with Gasteiger partial charge in [0.2, 0.25) is 0 Å². The molecule has 0 unspecified atom stereocenters. The summed E-state index contributed by atoms with van der Waals surface area (Å²) < 4.78 is 2.77. The molecule has 0 saturated heterocycles.